The summed E-state index contributed by atoms with van der Waals surface area (Å²) in [6, 6.07) is 14.7. The third-order valence-electron chi connectivity index (χ3n) is 3.73. The highest BCUT2D eigenvalue weighted by Crippen LogP contribution is 2.19. The number of hydrogen-bond donors (Lipinski definition) is 1. The summed E-state index contributed by atoms with van der Waals surface area (Å²) in [4.78, 5) is 4.63. The van der Waals surface area contributed by atoms with Crippen molar-refractivity contribution < 1.29 is 0 Å². The molecule has 3 rings (SSSR count). The van der Waals surface area contributed by atoms with E-state index in [1.807, 2.05) is 25.2 Å². The first kappa shape index (κ1) is 12.7. The maximum absolute atomic E-state index is 4.63. The van der Waals surface area contributed by atoms with Gasteiger partial charge in [0.2, 0.25) is 5.95 Å². The van der Waals surface area contributed by atoms with Gasteiger partial charge in [-0.3, -0.25) is 0 Å². The fraction of sp³-hybridized carbons (Fsp3) is 0.235. The van der Waals surface area contributed by atoms with Crippen LogP contribution in [-0.4, -0.2) is 9.55 Å². The first-order valence-corrected chi connectivity index (χ1v) is 6.86. The second-order valence-electron chi connectivity index (χ2n) is 5.27. The Bertz CT molecular complexity index is 756. The molecule has 1 aromatic heterocycles. The zero-order chi connectivity index (χ0) is 14.1. The van der Waals surface area contributed by atoms with Crippen LogP contribution < -0.4 is 5.32 Å². The van der Waals surface area contributed by atoms with Gasteiger partial charge < -0.3 is 9.88 Å². The Morgan fingerprint density at radius 2 is 1.90 bits per heavy atom. The number of para-hydroxylation sites is 2. The molecule has 0 radical (unpaired) electrons. The molecule has 3 aromatic rings. The van der Waals surface area contributed by atoms with Gasteiger partial charge in [0.1, 0.15) is 0 Å². The summed E-state index contributed by atoms with van der Waals surface area (Å²) in [7, 11) is 2.04. The van der Waals surface area contributed by atoms with E-state index in [0.29, 0.717) is 0 Å². The number of rotatable bonds is 3. The van der Waals surface area contributed by atoms with E-state index >= 15 is 0 Å². The van der Waals surface area contributed by atoms with Crippen molar-refractivity contribution in [2.75, 3.05) is 5.32 Å². The minimum Gasteiger partial charge on any atom is -0.352 e. The third-order valence-corrected chi connectivity index (χ3v) is 3.73. The van der Waals surface area contributed by atoms with Gasteiger partial charge in [-0.15, -0.1) is 0 Å². The first-order chi connectivity index (χ1) is 9.65. The maximum atomic E-state index is 4.63. The summed E-state index contributed by atoms with van der Waals surface area (Å²) in [5, 5.41) is 3.44. The predicted octanol–water partition coefficient (Wildman–Crippen LogP) is 3.80. The number of aryl methyl sites for hydroxylation is 3. The minimum absolute atomic E-state index is 0.796. The van der Waals surface area contributed by atoms with Crippen LogP contribution in [0.15, 0.2) is 42.5 Å². The number of anilines is 1. The lowest BCUT2D eigenvalue weighted by atomic mass is 10.1. The molecule has 0 saturated heterocycles. The monoisotopic (exact) mass is 265 g/mol. The lowest BCUT2D eigenvalue weighted by molar-refractivity contribution is 0.925. The molecule has 0 saturated carbocycles. The topological polar surface area (TPSA) is 29.9 Å². The van der Waals surface area contributed by atoms with Gasteiger partial charge in [0, 0.05) is 13.6 Å². The highest BCUT2D eigenvalue weighted by Gasteiger charge is 2.07. The van der Waals surface area contributed by atoms with E-state index in [-0.39, 0.29) is 0 Å². The zero-order valence-corrected chi connectivity index (χ0v) is 12.1. The molecular formula is C17H19N3. The lowest BCUT2D eigenvalue weighted by Crippen LogP contribution is -2.06. The highest BCUT2D eigenvalue weighted by atomic mass is 15.2. The van der Waals surface area contributed by atoms with Gasteiger partial charge in [0.25, 0.3) is 0 Å². The molecular weight excluding hydrogens is 246 g/mol. The van der Waals surface area contributed by atoms with Crippen molar-refractivity contribution in [1.29, 1.82) is 0 Å². The fourth-order valence-electron chi connectivity index (χ4n) is 2.47. The number of fused-ring (bicyclic) bond motifs is 1. The van der Waals surface area contributed by atoms with E-state index in [9.17, 15) is 0 Å². The Kier molecular flexibility index (Phi) is 3.18. The number of imidazole rings is 1. The van der Waals surface area contributed by atoms with Crippen LogP contribution >= 0.6 is 0 Å². The van der Waals surface area contributed by atoms with E-state index < -0.39 is 0 Å². The smallest absolute Gasteiger partial charge is 0.203 e. The average molecular weight is 265 g/mol. The molecule has 1 heterocycles. The van der Waals surface area contributed by atoms with Crippen molar-refractivity contribution >= 4 is 17.0 Å². The van der Waals surface area contributed by atoms with Gasteiger partial charge >= 0.3 is 0 Å². The summed E-state index contributed by atoms with van der Waals surface area (Å²) in [6.07, 6.45) is 0. The van der Waals surface area contributed by atoms with Crippen LogP contribution in [0, 0.1) is 13.8 Å². The second kappa shape index (κ2) is 5.00. The van der Waals surface area contributed by atoms with E-state index in [0.717, 1.165) is 23.5 Å². The predicted molar refractivity (Wildman–Crippen MR) is 84.0 cm³/mol. The van der Waals surface area contributed by atoms with Crippen LogP contribution in [0.3, 0.4) is 0 Å². The Morgan fingerprint density at radius 3 is 2.70 bits per heavy atom. The molecule has 3 heteroatoms. The number of nitrogens with zero attached hydrogens (tertiary/aromatic N) is 2. The summed E-state index contributed by atoms with van der Waals surface area (Å²) >= 11 is 0. The SMILES string of the molecule is Cc1ccc(C)c(CNc2nc3ccccc3n2C)c1. The van der Waals surface area contributed by atoms with Gasteiger partial charge in [0.15, 0.2) is 0 Å². The molecule has 0 unspecified atom stereocenters. The molecule has 1 N–H and O–H groups in total. The van der Waals surface area contributed by atoms with Crippen molar-refractivity contribution in [3.05, 3.63) is 59.2 Å². The van der Waals surface area contributed by atoms with Crippen LogP contribution in [0.25, 0.3) is 11.0 Å². The van der Waals surface area contributed by atoms with Gasteiger partial charge in [0.05, 0.1) is 11.0 Å². The van der Waals surface area contributed by atoms with Crippen LogP contribution in [0.5, 0.6) is 0 Å². The Hall–Kier alpha value is -2.29. The van der Waals surface area contributed by atoms with Gasteiger partial charge in [-0.05, 0) is 37.1 Å². The highest BCUT2D eigenvalue weighted by molar-refractivity contribution is 5.78. The lowest BCUT2D eigenvalue weighted by Gasteiger charge is -2.09. The molecule has 0 spiro atoms. The van der Waals surface area contributed by atoms with Crippen molar-refractivity contribution in [2.45, 2.75) is 20.4 Å². The number of hydrogen-bond acceptors (Lipinski definition) is 2. The molecule has 0 amide bonds. The van der Waals surface area contributed by atoms with Crippen molar-refractivity contribution in [1.82, 2.24) is 9.55 Å². The zero-order valence-electron chi connectivity index (χ0n) is 12.1. The van der Waals surface area contributed by atoms with Crippen molar-refractivity contribution in [3.8, 4) is 0 Å². The molecule has 0 atom stereocenters. The molecule has 0 fully saturated rings. The van der Waals surface area contributed by atoms with Gasteiger partial charge in [-0.1, -0.05) is 35.9 Å². The Balaban J connectivity index is 1.87. The summed E-state index contributed by atoms with van der Waals surface area (Å²) < 4.78 is 2.10. The van der Waals surface area contributed by atoms with Gasteiger partial charge in [-0.25, -0.2) is 4.98 Å². The standard InChI is InChI=1S/C17H19N3/c1-12-8-9-13(2)14(10-12)11-18-17-19-15-6-4-5-7-16(15)20(17)3/h4-10H,11H2,1-3H3,(H,18,19). The van der Waals surface area contributed by atoms with E-state index in [1.54, 1.807) is 0 Å². The molecule has 3 nitrogen and oxygen atoms in total. The van der Waals surface area contributed by atoms with Crippen LogP contribution in [0.4, 0.5) is 5.95 Å². The van der Waals surface area contributed by atoms with Crippen LogP contribution in [0.1, 0.15) is 16.7 Å². The number of nitrogens with one attached hydrogen (secondary N) is 1. The van der Waals surface area contributed by atoms with Crippen molar-refractivity contribution in [3.63, 3.8) is 0 Å². The first-order valence-electron chi connectivity index (χ1n) is 6.86. The summed E-state index contributed by atoms with van der Waals surface area (Å²) in [5.41, 5.74) is 6.09. The van der Waals surface area contributed by atoms with Crippen LogP contribution in [0.2, 0.25) is 0 Å². The molecule has 2 aromatic carbocycles. The number of benzene rings is 2. The second-order valence-corrected chi connectivity index (χ2v) is 5.27. The molecule has 0 bridgehead atoms. The normalized spacial score (nSPS) is 10.9. The maximum Gasteiger partial charge on any atom is 0.203 e. The molecule has 102 valence electrons. The minimum atomic E-state index is 0.796. The Morgan fingerprint density at radius 1 is 1.10 bits per heavy atom. The molecule has 0 aliphatic rings. The Labute approximate surface area is 119 Å². The molecule has 20 heavy (non-hydrogen) atoms. The average Bonchev–Trinajstić information content (AvgIpc) is 2.77. The van der Waals surface area contributed by atoms with Crippen molar-refractivity contribution in [2.24, 2.45) is 7.05 Å². The molecule has 0 aliphatic heterocycles. The largest absolute Gasteiger partial charge is 0.352 e. The van der Waals surface area contributed by atoms with E-state index in [1.165, 1.54) is 16.7 Å². The van der Waals surface area contributed by atoms with E-state index in [2.05, 4.69) is 53.0 Å². The summed E-state index contributed by atoms with van der Waals surface area (Å²) in [6.45, 7) is 5.06. The van der Waals surface area contributed by atoms with Crippen LogP contribution in [-0.2, 0) is 13.6 Å². The third kappa shape index (κ3) is 2.27. The summed E-state index contributed by atoms with van der Waals surface area (Å²) in [5.74, 6) is 0.909. The number of aromatic nitrogens is 2. The fourth-order valence-corrected chi connectivity index (χ4v) is 2.47. The van der Waals surface area contributed by atoms with Gasteiger partial charge in [-0.2, -0.15) is 0 Å². The van der Waals surface area contributed by atoms with E-state index in [4.69, 9.17) is 0 Å². The quantitative estimate of drug-likeness (QED) is 0.780. The molecule has 0 aliphatic carbocycles.